The Balaban J connectivity index is 3.00. The Kier molecular flexibility index (Phi) is 2.14. The Morgan fingerprint density at radius 2 is 2.33 bits per heavy atom. The number of carbonyl (C=O) groups is 1. The molecule has 5 heteroatoms. The molecule has 0 aliphatic carbocycles. The lowest BCUT2D eigenvalue weighted by Gasteiger charge is -2.08. The number of alkyl halides is 1. The normalized spacial score (nSPS) is 11.6. The van der Waals surface area contributed by atoms with E-state index in [-0.39, 0.29) is 9.88 Å². The van der Waals surface area contributed by atoms with Gasteiger partial charge in [0.1, 0.15) is 9.88 Å². The summed E-state index contributed by atoms with van der Waals surface area (Å²) in [5.41, 5.74) is -1.56. The Hall–Kier alpha value is -0.970. The maximum absolute atomic E-state index is 13.2. The number of halogens is 1. The van der Waals surface area contributed by atoms with E-state index in [2.05, 4.69) is 4.98 Å². The van der Waals surface area contributed by atoms with Gasteiger partial charge in [0.2, 0.25) is 0 Å². The van der Waals surface area contributed by atoms with Crippen molar-refractivity contribution in [2.45, 2.75) is 19.5 Å². The molecule has 66 valence electrons. The summed E-state index contributed by atoms with van der Waals surface area (Å²) in [4.78, 5) is 14.1. The van der Waals surface area contributed by atoms with Crippen molar-refractivity contribution in [2.24, 2.45) is 0 Å². The summed E-state index contributed by atoms with van der Waals surface area (Å²) in [5, 5.41) is 8.71. The van der Waals surface area contributed by atoms with E-state index in [0.717, 1.165) is 11.3 Å². The molecule has 1 rings (SSSR count). The lowest BCUT2D eigenvalue weighted by molar-refractivity contribution is 0.0702. The third-order valence-electron chi connectivity index (χ3n) is 1.23. The van der Waals surface area contributed by atoms with Crippen LogP contribution in [0, 0.1) is 0 Å². The van der Waals surface area contributed by atoms with E-state index in [9.17, 15) is 9.18 Å². The lowest BCUT2D eigenvalue weighted by atomic mass is 10.2. The van der Waals surface area contributed by atoms with E-state index in [0.29, 0.717) is 0 Å². The van der Waals surface area contributed by atoms with Crippen LogP contribution in [0.3, 0.4) is 0 Å². The number of aromatic nitrogens is 1. The summed E-state index contributed by atoms with van der Waals surface area (Å²) in [7, 11) is 0. The van der Waals surface area contributed by atoms with Gasteiger partial charge in [-0.1, -0.05) is 0 Å². The van der Waals surface area contributed by atoms with Crippen LogP contribution in [-0.2, 0) is 5.67 Å². The Morgan fingerprint density at radius 1 is 1.75 bits per heavy atom. The molecule has 0 atom stereocenters. The topological polar surface area (TPSA) is 50.2 Å². The average Bonchev–Trinajstić information content (AvgIpc) is 2.30. The zero-order chi connectivity index (χ0) is 9.35. The van der Waals surface area contributed by atoms with Crippen molar-refractivity contribution in [3.63, 3.8) is 0 Å². The van der Waals surface area contributed by atoms with Crippen molar-refractivity contribution in [1.82, 2.24) is 4.98 Å². The molecular weight excluding hydrogens is 181 g/mol. The minimum absolute atomic E-state index is 0.0655. The Morgan fingerprint density at radius 3 is 2.58 bits per heavy atom. The first-order valence-electron chi connectivity index (χ1n) is 3.30. The van der Waals surface area contributed by atoms with Crippen molar-refractivity contribution < 1.29 is 14.3 Å². The van der Waals surface area contributed by atoms with E-state index in [1.54, 1.807) is 0 Å². The van der Waals surface area contributed by atoms with E-state index >= 15 is 0 Å². The van der Waals surface area contributed by atoms with E-state index < -0.39 is 11.6 Å². The number of nitrogens with zero attached hydrogens (tertiary/aromatic N) is 1. The fourth-order valence-corrected chi connectivity index (χ4v) is 1.40. The first kappa shape index (κ1) is 9.12. The first-order valence-corrected chi connectivity index (χ1v) is 4.11. The van der Waals surface area contributed by atoms with Gasteiger partial charge in [0.05, 0.1) is 6.20 Å². The molecule has 0 saturated heterocycles. The molecule has 1 heterocycles. The Bertz CT molecular complexity index is 303. The maximum atomic E-state index is 13.2. The summed E-state index contributed by atoms with van der Waals surface area (Å²) < 4.78 is 13.2. The fourth-order valence-electron chi connectivity index (χ4n) is 0.648. The van der Waals surface area contributed by atoms with Crippen LogP contribution in [0.5, 0.6) is 0 Å². The number of carboxylic acid groups (broad SMARTS) is 1. The predicted molar refractivity (Wildman–Crippen MR) is 43.2 cm³/mol. The van der Waals surface area contributed by atoms with Crippen LogP contribution in [0.25, 0.3) is 0 Å². The number of aromatic carboxylic acids is 1. The molecule has 0 aromatic carbocycles. The minimum Gasteiger partial charge on any atom is -0.477 e. The molecule has 0 bridgehead atoms. The fraction of sp³-hybridized carbons (Fsp3) is 0.429. The monoisotopic (exact) mass is 189 g/mol. The second-order valence-corrected chi connectivity index (χ2v) is 3.84. The summed E-state index contributed by atoms with van der Waals surface area (Å²) in [6.45, 7) is 2.69. The summed E-state index contributed by atoms with van der Waals surface area (Å²) in [5.74, 6) is -1.07. The standard InChI is InChI=1S/C7H8FNO2S/c1-7(2,8)6-9-3-4(12-6)5(10)11/h3H,1-2H3,(H,10,11). The lowest BCUT2D eigenvalue weighted by Crippen LogP contribution is -2.07. The number of carboxylic acids is 1. The zero-order valence-electron chi connectivity index (χ0n) is 6.67. The van der Waals surface area contributed by atoms with Gasteiger partial charge in [0.25, 0.3) is 0 Å². The third kappa shape index (κ3) is 1.79. The molecule has 0 fully saturated rings. The Labute approximate surface area is 72.9 Å². The molecule has 1 N–H and O–H groups in total. The van der Waals surface area contributed by atoms with E-state index in [1.807, 2.05) is 0 Å². The van der Waals surface area contributed by atoms with Crippen LogP contribution in [0.2, 0.25) is 0 Å². The molecule has 0 aliphatic heterocycles. The molecule has 0 spiro atoms. The van der Waals surface area contributed by atoms with Gasteiger partial charge in [-0.2, -0.15) is 0 Å². The van der Waals surface area contributed by atoms with Gasteiger partial charge >= 0.3 is 5.97 Å². The highest BCUT2D eigenvalue weighted by atomic mass is 32.1. The minimum atomic E-state index is -1.56. The highest BCUT2D eigenvalue weighted by Crippen LogP contribution is 2.28. The van der Waals surface area contributed by atoms with Crippen molar-refractivity contribution in [2.75, 3.05) is 0 Å². The van der Waals surface area contributed by atoms with Gasteiger partial charge in [0.15, 0.2) is 5.67 Å². The van der Waals surface area contributed by atoms with Gasteiger partial charge in [-0.15, -0.1) is 11.3 Å². The predicted octanol–water partition coefficient (Wildman–Crippen LogP) is 2.05. The molecule has 0 aliphatic rings. The van der Waals surface area contributed by atoms with Gasteiger partial charge in [0, 0.05) is 0 Å². The number of thiazole rings is 1. The quantitative estimate of drug-likeness (QED) is 0.774. The van der Waals surface area contributed by atoms with Crippen molar-refractivity contribution in [3.05, 3.63) is 16.1 Å². The summed E-state index contributed by atoms with van der Waals surface area (Å²) >= 11 is 0.862. The van der Waals surface area contributed by atoms with Crippen molar-refractivity contribution in [3.8, 4) is 0 Å². The molecule has 0 saturated carbocycles. The third-order valence-corrected chi connectivity index (χ3v) is 2.51. The molecule has 3 nitrogen and oxygen atoms in total. The van der Waals surface area contributed by atoms with Gasteiger partial charge in [-0.25, -0.2) is 14.2 Å². The summed E-state index contributed by atoms with van der Waals surface area (Å²) in [6, 6.07) is 0. The van der Waals surface area contributed by atoms with E-state index in [1.165, 1.54) is 20.0 Å². The molecule has 12 heavy (non-hydrogen) atoms. The van der Waals surface area contributed by atoms with Crippen molar-refractivity contribution in [1.29, 1.82) is 0 Å². The van der Waals surface area contributed by atoms with Gasteiger partial charge in [-0.3, -0.25) is 0 Å². The second-order valence-electron chi connectivity index (χ2n) is 2.81. The molecule has 1 aromatic heterocycles. The van der Waals surface area contributed by atoms with Crippen LogP contribution in [-0.4, -0.2) is 16.1 Å². The maximum Gasteiger partial charge on any atom is 0.347 e. The second kappa shape index (κ2) is 2.82. The largest absolute Gasteiger partial charge is 0.477 e. The van der Waals surface area contributed by atoms with Gasteiger partial charge < -0.3 is 5.11 Å². The van der Waals surface area contributed by atoms with Crippen LogP contribution in [0.15, 0.2) is 6.20 Å². The average molecular weight is 189 g/mol. The molecule has 0 amide bonds. The zero-order valence-corrected chi connectivity index (χ0v) is 7.48. The highest BCUT2D eigenvalue weighted by Gasteiger charge is 2.24. The molecule has 0 radical (unpaired) electrons. The van der Waals surface area contributed by atoms with E-state index in [4.69, 9.17) is 5.11 Å². The van der Waals surface area contributed by atoms with Crippen molar-refractivity contribution >= 4 is 17.3 Å². The number of hydrogen-bond donors (Lipinski definition) is 1. The number of hydrogen-bond acceptors (Lipinski definition) is 3. The summed E-state index contributed by atoms with van der Waals surface area (Å²) in [6.07, 6.45) is 1.17. The van der Waals surface area contributed by atoms with Crippen LogP contribution in [0.1, 0.15) is 28.5 Å². The van der Waals surface area contributed by atoms with Crippen LogP contribution < -0.4 is 0 Å². The van der Waals surface area contributed by atoms with Crippen LogP contribution >= 0.6 is 11.3 Å². The first-order chi connectivity index (χ1) is 5.41. The molecule has 1 aromatic rings. The molecule has 0 unspecified atom stereocenters. The SMILES string of the molecule is CC(C)(F)c1ncc(C(=O)O)s1. The smallest absolute Gasteiger partial charge is 0.347 e. The van der Waals surface area contributed by atoms with Gasteiger partial charge in [-0.05, 0) is 13.8 Å². The highest BCUT2D eigenvalue weighted by molar-refractivity contribution is 7.13. The number of rotatable bonds is 2. The van der Waals surface area contributed by atoms with Crippen LogP contribution in [0.4, 0.5) is 4.39 Å². The molecular formula is C7H8FNO2S.